The van der Waals surface area contributed by atoms with Gasteiger partial charge >= 0.3 is 12.0 Å². The van der Waals surface area contributed by atoms with Crippen LogP contribution in [0.1, 0.15) is 18.4 Å². The Bertz CT molecular complexity index is 553. The quantitative estimate of drug-likeness (QED) is 0.839. The Hall–Kier alpha value is -2.11. The fraction of sp³-hybridized carbons (Fsp3) is 0.417. The first-order valence-electron chi connectivity index (χ1n) is 5.83. The Morgan fingerprint density at radius 3 is 3.00 bits per heavy atom. The second kappa shape index (κ2) is 3.97. The zero-order valence-electron chi connectivity index (χ0n) is 10.0. The first-order valence-corrected chi connectivity index (χ1v) is 5.83. The van der Waals surface area contributed by atoms with Crippen molar-refractivity contribution in [3.8, 4) is 6.01 Å². The lowest BCUT2D eigenvalue weighted by Crippen LogP contribution is -2.26. The predicted octanol–water partition coefficient (Wildman–Crippen LogP) is 0.980. The van der Waals surface area contributed by atoms with Crippen LogP contribution in [0.2, 0.25) is 0 Å². The maximum atomic E-state index is 11.1. The molecule has 0 atom stereocenters. The van der Waals surface area contributed by atoms with Crippen LogP contribution >= 0.6 is 0 Å². The third-order valence-corrected chi connectivity index (χ3v) is 3.41. The van der Waals surface area contributed by atoms with Crippen LogP contribution in [0.15, 0.2) is 17.5 Å². The number of allylic oxidation sites excluding steroid dienone is 1. The molecule has 0 spiro atoms. The molecule has 0 amide bonds. The Labute approximate surface area is 104 Å². The average molecular weight is 247 g/mol. The minimum absolute atomic E-state index is 0.318. The van der Waals surface area contributed by atoms with Crippen molar-refractivity contribution in [3.05, 3.63) is 23.0 Å². The molecule has 0 fully saturated rings. The predicted molar refractivity (Wildman–Crippen MR) is 63.5 cm³/mol. The first kappa shape index (κ1) is 11.0. The van der Waals surface area contributed by atoms with Crippen molar-refractivity contribution in [2.24, 2.45) is 0 Å². The number of aliphatic carboxylic acids is 1. The second-order valence-electron chi connectivity index (χ2n) is 4.34. The highest BCUT2D eigenvalue weighted by Gasteiger charge is 2.33. The number of hydrogen-bond acceptors (Lipinski definition) is 5. The molecule has 1 aromatic heterocycles. The Morgan fingerprint density at radius 1 is 1.44 bits per heavy atom. The van der Waals surface area contributed by atoms with Gasteiger partial charge in [0.25, 0.3) is 0 Å². The molecule has 0 aliphatic carbocycles. The minimum Gasteiger partial charge on any atom is -0.478 e. The lowest BCUT2D eigenvalue weighted by atomic mass is 10.0. The van der Waals surface area contributed by atoms with Crippen molar-refractivity contribution in [1.29, 1.82) is 0 Å². The number of rotatable bonds is 2. The SMILES string of the molecule is COc1ncc2c(n1)N1CCC(C(=O)O)=C1CC2. The van der Waals surface area contributed by atoms with Gasteiger partial charge in [0.1, 0.15) is 5.82 Å². The van der Waals surface area contributed by atoms with Crippen molar-refractivity contribution >= 4 is 11.8 Å². The van der Waals surface area contributed by atoms with Gasteiger partial charge in [0.2, 0.25) is 0 Å². The number of hydrogen-bond donors (Lipinski definition) is 1. The molecule has 0 saturated carbocycles. The molecule has 0 bridgehead atoms. The molecule has 0 unspecified atom stereocenters. The molecule has 1 aromatic rings. The Kier molecular flexibility index (Phi) is 2.43. The second-order valence-corrected chi connectivity index (χ2v) is 4.34. The molecule has 6 nitrogen and oxygen atoms in total. The summed E-state index contributed by atoms with van der Waals surface area (Å²) in [6, 6.07) is 0.318. The number of methoxy groups -OCH3 is 1. The summed E-state index contributed by atoms with van der Waals surface area (Å²) in [5.74, 6) is -0.0312. The minimum atomic E-state index is -0.822. The van der Waals surface area contributed by atoms with Gasteiger partial charge in [-0.2, -0.15) is 4.98 Å². The Morgan fingerprint density at radius 2 is 2.28 bits per heavy atom. The summed E-state index contributed by atoms with van der Waals surface area (Å²) in [6.45, 7) is 0.671. The number of aryl methyl sites for hydroxylation is 1. The monoisotopic (exact) mass is 247 g/mol. The molecule has 18 heavy (non-hydrogen) atoms. The molecule has 0 aromatic carbocycles. The van der Waals surface area contributed by atoms with Crippen molar-refractivity contribution < 1.29 is 14.6 Å². The molecular weight excluding hydrogens is 234 g/mol. The van der Waals surface area contributed by atoms with Gasteiger partial charge in [-0.15, -0.1) is 0 Å². The molecule has 2 aliphatic heterocycles. The van der Waals surface area contributed by atoms with Crippen molar-refractivity contribution in [1.82, 2.24) is 9.97 Å². The van der Waals surface area contributed by atoms with E-state index in [2.05, 4.69) is 9.97 Å². The van der Waals surface area contributed by atoms with Gasteiger partial charge in [-0.3, -0.25) is 0 Å². The number of carboxylic acid groups (broad SMARTS) is 1. The molecule has 0 radical (unpaired) electrons. The van der Waals surface area contributed by atoms with Crippen LogP contribution in [0.25, 0.3) is 0 Å². The van der Waals surface area contributed by atoms with E-state index >= 15 is 0 Å². The van der Waals surface area contributed by atoms with Crippen LogP contribution < -0.4 is 9.64 Å². The summed E-state index contributed by atoms with van der Waals surface area (Å²) in [7, 11) is 1.52. The summed E-state index contributed by atoms with van der Waals surface area (Å²) < 4.78 is 5.02. The normalized spacial score (nSPS) is 17.5. The lowest BCUT2D eigenvalue weighted by Gasteiger charge is -2.28. The van der Waals surface area contributed by atoms with Gasteiger partial charge in [0.15, 0.2) is 0 Å². The highest BCUT2D eigenvalue weighted by atomic mass is 16.5. The third-order valence-electron chi connectivity index (χ3n) is 3.41. The van der Waals surface area contributed by atoms with Crippen molar-refractivity contribution in [2.75, 3.05) is 18.6 Å². The van der Waals surface area contributed by atoms with Gasteiger partial charge in [0, 0.05) is 24.0 Å². The third kappa shape index (κ3) is 1.53. The van der Waals surface area contributed by atoms with E-state index in [4.69, 9.17) is 9.84 Å². The van der Waals surface area contributed by atoms with Crippen LogP contribution in [-0.4, -0.2) is 34.7 Å². The topological polar surface area (TPSA) is 75.6 Å². The molecule has 6 heteroatoms. The largest absolute Gasteiger partial charge is 0.478 e. The van der Waals surface area contributed by atoms with E-state index in [9.17, 15) is 4.79 Å². The highest BCUT2D eigenvalue weighted by Crippen LogP contribution is 2.37. The van der Waals surface area contributed by atoms with Gasteiger partial charge in [0.05, 0.1) is 12.7 Å². The van der Waals surface area contributed by atoms with Crippen LogP contribution in [0, 0.1) is 0 Å². The van der Waals surface area contributed by atoms with Gasteiger partial charge in [-0.05, 0) is 19.3 Å². The number of fused-ring (bicyclic) bond motifs is 3. The number of carbonyl (C=O) groups is 1. The molecule has 3 heterocycles. The van der Waals surface area contributed by atoms with E-state index in [1.165, 1.54) is 7.11 Å². The van der Waals surface area contributed by atoms with Crippen molar-refractivity contribution in [2.45, 2.75) is 19.3 Å². The number of carboxylic acids is 1. The number of aromatic nitrogens is 2. The molecule has 1 N–H and O–H groups in total. The van der Waals surface area contributed by atoms with Crippen LogP contribution in [0.4, 0.5) is 5.82 Å². The van der Waals surface area contributed by atoms with E-state index < -0.39 is 5.97 Å². The van der Waals surface area contributed by atoms with Crippen molar-refractivity contribution in [3.63, 3.8) is 0 Å². The summed E-state index contributed by atoms with van der Waals surface area (Å²) in [5.41, 5.74) is 2.44. The van der Waals surface area contributed by atoms with E-state index in [0.29, 0.717) is 24.5 Å². The maximum Gasteiger partial charge on any atom is 0.333 e. The smallest absolute Gasteiger partial charge is 0.333 e. The fourth-order valence-electron chi connectivity index (χ4n) is 2.56. The highest BCUT2D eigenvalue weighted by molar-refractivity contribution is 5.90. The molecule has 2 aliphatic rings. The van der Waals surface area contributed by atoms with Crippen LogP contribution in [0.5, 0.6) is 6.01 Å². The molecule has 3 rings (SSSR count). The number of ether oxygens (including phenoxy) is 1. The summed E-state index contributed by atoms with van der Waals surface area (Å²) in [4.78, 5) is 21.5. The van der Waals surface area contributed by atoms with E-state index in [0.717, 1.165) is 29.9 Å². The summed E-state index contributed by atoms with van der Waals surface area (Å²) >= 11 is 0. The van der Waals surface area contributed by atoms with E-state index in [1.807, 2.05) is 4.90 Å². The fourth-order valence-corrected chi connectivity index (χ4v) is 2.56. The molecule has 94 valence electrons. The van der Waals surface area contributed by atoms with E-state index in [-0.39, 0.29) is 0 Å². The van der Waals surface area contributed by atoms with Crippen LogP contribution in [-0.2, 0) is 11.2 Å². The van der Waals surface area contributed by atoms with Gasteiger partial charge in [-0.25, -0.2) is 9.78 Å². The standard InChI is InChI=1S/C12H13N3O3/c1-18-12-13-6-7-2-3-9-8(11(16)17)4-5-15(9)10(7)14-12/h6H,2-5H2,1H3,(H,16,17). The first-order chi connectivity index (χ1) is 8.70. The molecule has 0 saturated heterocycles. The number of nitrogens with zero attached hydrogens (tertiary/aromatic N) is 3. The van der Waals surface area contributed by atoms with E-state index in [1.54, 1.807) is 6.20 Å². The van der Waals surface area contributed by atoms with Gasteiger partial charge in [-0.1, -0.05) is 0 Å². The zero-order valence-corrected chi connectivity index (χ0v) is 10.0. The maximum absolute atomic E-state index is 11.1. The van der Waals surface area contributed by atoms with Crippen LogP contribution in [0.3, 0.4) is 0 Å². The zero-order chi connectivity index (χ0) is 12.7. The molecular formula is C12H13N3O3. The lowest BCUT2D eigenvalue weighted by molar-refractivity contribution is -0.132. The Balaban J connectivity index is 2.07. The average Bonchev–Trinajstić information content (AvgIpc) is 2.82. The van der Waals surface area contributed by atoms with Gasteiger partial charge < -0.3 is 14.7 Å². The number of anilines is 1. The summed E-state index contributed by atoms with van der Waals surface area (Å²) in [5, 5.41) is 9.16. The summed E-state index contributed by atoms with van der Waals surface area (Å²) in [6.07, 6.45) is 3.85.